The lowest BCUT2D eigenvalue weighted by atomic mass is 10.2. The van der Waals surface area contributed by atoms with Crippen LogP contribution < -0.4 is 10.1 Å². The number of halogens is 1. The molecule has 1 atom stereocenters. The lowest BCUT2D eigenvalue weighted by Crippen LogP contribution is -2.22. The number of ether oxygens (including phenoxy) is 1. The Labute approximate surface area is 113 Å². The normalized spacial score (nSPS) is 12.3. The van der Waals surface area contributed by atoms with Gasteiger partial charge in [-0.1, -0.05) is 32.9 Å². The molecule has 0 aromatic heterocycles. The van der Waals surface area contributed by atoms with Gasteiger partial charge in [0.2, 0.25) is 5.91 Å². The SMILES string of the molecule is CC(C)COc1ccccc1NC(=O)C(C)CCl. The fourth-order valence-electron chi connectivity index (χ4n) is 1.28. The van der Waals surface area contributed by atoms with E-state index in [1.165, 1.54) is 0 Å². The van der Waals surface area contributed by atoms with E-state index in [0.29, 0.717) is 29.8 Å². The summed E-state index contributed by atoms with van der Waals surface area (Å²) in [4.78, 5) is 11.8. The molecule has 0 aliphatic carbocycles. The van der Waals surface area contributed by atoms with E-state index in [0.717, 1.165) is 0 Å². The second-order valence-electron chi connectivity index (χ2n) is 4.75. The van der Waals surface area contributed by atoms with Gasteiger partial charge in [-0.3, -0.25) is 4.79 Å². The average molecular weight is 270 g/mol. The molecule has 0 saturated heterocycles. The van der Waals surface area contributed by atoms with Crippen LogP contribution in [0.3, 0.4) is 0 Å². The number of carbonyl (C=O) groups excluding carboxylic acids is 1. The van der Waals surface area contributed by atoms with E-state index in [1.807, 2.05) is 24.3 Å². The standard InChI is InChI=1S/C14H20ClNO2/c1-10(2)9-18-13-7-5-4-6-12(13)16-14(17)11(3)8-15/h4-7,10-11H,8-9H2,1-3H3,(H,16,17). The van der Waals surface area contributed by atoms with Crippen molar-refractivity contribution in [1.29, 1.82) is 0 Å². The molecule has 4 heteroatoms. The van der Waals surface area contributed by atoms with Crippen LogP contribution in [0.2, 0.25) is 0 Å². The van der Waals surface area contributed by atoms with E-state index >= 15 is 0 Å². The Kier molecular flexibility index (Phi) is 5.99. The molecule has 1 aromatic rings. The van der Waals surface area contributed by atoms with E-state index in [2.05, 4.69) is 19.2 Å². The number of anilines is 1. The Morgan fingerprint density at radius 3 is 2.61 bits per heavy atom. The van der Waals surface area contributed by atoms with Crippen LogP contribution in [0.15, 0.2) is 24.3 Å². The Bertz CT molecular complexity index is 393. The summed E-state index contributed by atoms with van der Waals surface area (Å²) >= 11 is 5.66. The van der Waals surface area contributed by atoms with Gasteiger partial charge in [0, 0.05) is 11.8 Å². The molecule has 1 N–H and O–H groups in total. The minimum Gasteiger partial charge on any atom is -0.491 e. The van der Waals surface area contributed by atoms with E-state index in [4.69, 9.17) is 16.3 Å². The summed E-state index contributed by atoms with van der Waals surface area (Å²) in [6, 6.07) is 7.43. The molecule has 0 heterocycles. The molecule has 0 fully saturated rings. The predicted octanol–water partition coefficient (Wildman–Crippen LogP) is 3.53. The monoisotopic (exact) mass is 269 g/mol. The highest BCUT2D eigenvalue weighted by Gasteiger charge is 2.13. The number of para-hydroxylation sites is 2. The van der Waals surface area contributed by atoms with E-state index in [1.54, 1.807) is 6.92 Å². The molecular weight excluding hydrogens is 250 g/mol. The Morgan fingerprint density at radius 2 is 2.00 bits per heavy atom. The van der Waals surface area contributed by atoms with Gasteiger partial charge >= 0.3 is 0 Å². The summed E-state index contributed by atoms with van der Waals surface area (Å²) < 4.78 is 5.67. The summed E-state index contributed by atoms with van der Waals surface area (Å²) in [7, 11) is 0. The van der Waals surface area contributed by atoms with Crippen molar-refractivity contribution in [3.63, 3.8) is 0 Å². The number of carbonyl (C=O) groups is 1. The van der Waals surface area contributed by atoms with Crippen molar-refractivity contribution < 1.29 is 9.53 Å². The second-order valence-corrected chi connectivity index (χ2v) is 5.05. The summed E-state index contributed by atoms with van der Waals surface area (Å²) in [5.74, 6) is 1.13. The summed E-state index contributed by atoms with van der Waals surface area (Å²) in [5.41, 5.74) is 0.695. The topological polar surface area (TPSA) is 38.3 Å². The first kappa shape index (κ1) is 14.8. The third-order valence-corrected chi connectivity index (χ3v) is 2.86. The zero-order valence-electron chi connectivity index (χ0n) is 11.1. The highest BCUT2D eigenvalue weighted by Crippen LogP contribution is 2.24. The molecule has 100 valence electrons. The lowest BCUT2D eigenvalue weighted by Gasteiger charge is -2.15. The van der Waals surface area contributed by atoms with Gasteiger partial charge in [0.1, 0.15) is 5.75 Å². The highest BCUT2D eigenvalue weighted by molar-refractivity contribution is 6.19. The predicted molar refractivity (Wildman–Crippen MR) is 75.3 cm³/mol. The van der Waals surface area contributed by atoms with Crippen LogP contribution in [0.5, 0.6) is 5.75 Å². The van der Waals surface area contributed by atoms with Crippen molar-refractivity contribution in [2.75, 3.05) is 17.8 Å². The van der Waals surface area contributed by atoms with E-state index in [9.17, 15) is 4.79 Å². The lowest BCUT2D eigenvalue weighted by molar-refractivity contribution is -0.118. The second kappa shape index (κ2) is 7.27. The molecule has 1 amide bonds. The van der Waals surface area contributed by atoms with E-state index in [-0.39, 0.29) is 11.8 Å². The number of rotatable bonds is 6. The van der Waals surface area contributed by atoms with Gasteiger partial charge in [0.15, 0.2) is 0 Å². The first-order valence-electron chi connectivity index (χ1n) is 6.13. The number of hydrogen-bond acceptors (Lipinski definition) is 2. The zero-order valence-corrected chi connectivity index (χ0v) is 11.8. The Hall–Kier alpha value is -1.22. The average Bonchev–Trinajstić information content (AvgIpc) is 2.36. The molecule has 0 aliphatic rings. The number of hydrogen-bond donors (Lipinski definition) is 1. The summed E-state index contributed by atoms with van der Waals surface area (Å²) in [6.07, 6.45) is 0. The third kappa shape index (κ3) is 4.57. The van der Waals surface area contributed by atoms with Gasteiger partial charge in [-0.25, -0.2) is 0 Å². The smallest absolute Gasteiger partial charge is 0.228 e. The van der Waals surface area contributed by atoms with Crippen molar-refractivity contribution in [3.8, 4) is 5.75 Å². The molecule has 0 bridgehead atoms. The van der Waals surface area contributed by atoms with Crippen molar-refractivity contribution >= 4 is 23.2 Å². The molecule has 0 spiro atoms. The third-order valence-electron chi connectivity index (χ3n) is 2.40. The fourth-order valence-corrected chi connectivity index (χ4v) is 1.42. The van der Waals surface area contributed by atoms with Crippen molar-refractivity contribution in [3.05, 3.63) is 24.3 Å². The van der Waals surface area contributed by atoms with Gasteiger partial charge in [-0.05, 0) is 18.1 Å². The van der Waals surface area contributed by atoms with Gasteiger partial charge in [0.25, 0.3) is 0 Å². The summed E-state index contributed by atoms with van der Waals surface area (Å²) in [5, 5.41) is 2.84. The first-order chi connectivity index (χ1) is 8.54. The number of nitrogens with one attached hydrogen (secondary N) is 1. The maximum Gasteiger partial charge on any atom is 0.228 e. The maximum absolute atomic E-state index is 11.8. The van der Waals surface area contributed by atoms with E-state index < -0.39 is 0 Å². The maximum atomic E-state index is 11.8. The zero-order chi connectivity index (χ0) is 13.5. The molecule has 1 rings (SSSR count). The van der Waals surface area contributed by atoms with Crippen LogP contribution in [-0.2, 0) is 4.79 Å². The number of benzene rings is 1. The molecule has 3 nitrogen and oxygen atoms in total. The minimum atomic E-state index is -0.218. The van der Waals surface area contributed by atoms with Crippen LogP contribution in [0.1, 0.15) is 20.8 Å². The summed E-state index contributed by atoms with van der Waals surface area (Å²) in [6.45, 7) is 6.57. The largest absolute Gasteiger partial charge is 0.491 e. The van der Waals surface area contributed by atoms with Crippen LogP contribution in [0.4, 0.5) is 5.69 Å². The Balaban J connectivity index is 2.72. The quantitative estimate of drug-likeness (QED) is 0.803. The van der Waals surface area contributed by atoms with Crippen LogP contribution in [-0.4, -0.2) is 18.4 Å². The molecule has 0 saturated carbocycles. The van der Waals surface area contributed by atoms with Crippen molar-refractivity contribution in [2.45, 2.75) is 20.8 Å². The minimum absolute atomic E-state index is 0.0920. The highest BCUT2D eigenvalue weighted by atomic mass is 35.5. The first-order valence-corrected chi connectivity index (χ1v) is 6.66. The molecular formula is C14H20ClNO2. The van der Waals surface area contributed by atoms with Gasteiger partial charge in [-0.15, -0.1) is 11.6 Å². The van der Waals surface area contributed by atoms with Crippen LogP contribution >= 0.6 is 11.6 Å². The van der Waals surface area contributed by atoms with Crippen LogP contribution in [0, 0.1) is 11.8 Å². The molecule has 18 heavy (non-hydrogen) atoms. The number of amides is 1. The van der Waals surface area contributed by atoms with Gasteiger partial charge in [-0.2, -0.15) is 0 Å². The fraction of sp³-hybridized carbons (Fsp3) is 0.500. The molecule has 1 aromatic carbocycles. The van der Waals surface area contributed by atoms with Gasteiger partial charge in [0.05, 0.1) is 12.3 Å². The van der Waals surface area contributed by atoms with Crippen molar-refractivity contribution in [1.82, 2.24) is 0 Å². The molecule has 0 aliphatic heterocycles. The number of alkyl halides is 1. The van der Waals surface area contributed by atoms with Gasteiger partial charge < -0.3 is 10.1 Å². The molecule has 1 unspecified atom stereocenters. The van der Waals surface area contributed by atoms with Crippen molar-refractivity contribution in [2.24, 2.45) is 11.8 Å². The van der Waals surface area contributed by atoms with Crippen LogP contribution in [0.25, 0.3) is 0 Å². The Morgan fingerprint density at radius 1 is 1.33 bits per heavy atom. The molecule has 0 radical (unpaired) electrons.